The third kappa shape index (κ3) is 6.78. The third-order valence-corrected chi connectivity index (χ3v) is 8.57. The van der Waals surface area contributed by atoms with E-state index in [4.69, 9.17) is 4.52 Å². The van der Waals surface area contributed by atoms with Gasteiger partial charge in [0.25, 0.3) is 0 Å². The summed E-state index contributed by atoms with van der Waals surface area (Å²) in [5.41, 5.74) is 6.79. The Hall–Kier alpha value is -4.28. The van der Waals surface area contributed by atoms with Gasteiger partial charge in [0.15, 0.2) is 15.5 Å². The Labute approximate surface area is 253 Å². The van der Waals surface area contributed by atoms with E-state index in [1.807, 2.05) is 93.7 Å². The smallest absolute Gasteiger partial charge is 0.194 e. The zero-order valence-electron chi connectivity index (χ0n) is 25.4. The monoisotopic (exact) mass is 599 g/mol. The predicted octanol–water partition coefficient (Wildman–Crippen LogP) is 8.76. The lowest BCUT2D eigenvalue weighted by Gasteiger charge is -1.90. The third-order valence-electron chi connectivity index (χ3n) is 6.53. The number of benzene rings is 2. The van der Waals surface area contributed by atoms with Gasteiger partial charge in [-0.15, -0.1) is 22.7 Å². The molecule has 0 bridgehead atoms. The Morgan fingerprint density at radius 3 is 2.26 bits per heavy atom. The van der Waals surface area contributed by atoms with Crippen LogP contribution >= 0.6 is 22.7 Å². The second-order valence-corrected chi connectivity index (χ2v) is 11.3. The standard InChI is InChI=1S/C8H8N2.C8H7NO.2C7H8N2S.C2H6/c1-10-8-5-3-2-4-7(8)6-9-10;1-6-7-4-2-3-5-8(7)10-9-6;1-5-3-8-7-9(5)6(2)4-10-7;1-5-6(2)10-7-8-3-4-9(5)7;1-2/h2-6H,1H3;2-5H,1H3;2*3-4H,1-2H3;1-2H3. The Balaban J connectivity index is 0.000000126. The normalized spacial score (nSPS) is 10.4. The maximum Gasteiger partial charge on any atom is 0.194 e. The van der Waals surface area contributed by atoms with Gasteiger partial charge in [0.2, 0.25) is 0 Å². The highest BCUT2D eigenvalue weighted by Gasteiger charge is 2.03. The van der Waals surface area contributed by atoms with Crippen LogP contribution < -0.4 is 0 Å². The summed E-state index contributed by atoms with van der Waals surface area (Å²) >= 11 is 3.42. The molecular weight excluding hydrogens is 563 g/mol. The lowest BCUT2D eigenvalue weighted by molar-refractivity contribution is 0.450. The van der Waals surface area contributed by atoms with Crippen molar-refractivity contribution in [2.45, 2.75) is 48.5 Å². The van der Waals surface area contributed by atoms with Crippen LogP contribution in [0.3, 0.4) is 0 Å². The average molecular weight is 600 g/mol. The van der Waals surface area contributed by atoms with Crippen LogP contribution in [0.5, 0.6) is 0 Å². The molecule has 0 aliphatic heterocycles. The molecule has 6 heterocycles. The number of imidazole rings is 2. The predicted molar refractivity (Wildman–Crippen MR) is 176 cm³/mol. The van der Waals surface area contributed by atoms with Gasteiger partial charge >= 0.3 is 0 Å². The van der Waals surface area contributed by atoms with E-state index in [1.165, 1.54) is 32.9 Å². The molecule has 6 aromatic heterocycles. The van der Waals surface area contributed by atoms with Crippen LogP contribution in [0.1, 0.15) is 41.5 Å². The van der Waals surface area contributed by atoms with Gasteiger partial charge in [0.05, 0.1) is 17.4 Å². The molecule has 0 amide bonds. The molecule has 10 heteroatoms. The zero-order chi connectivity index (χ0) is 30.2. The number of para-hydroxylation sites is 2. The quantitative estimate of drug-likeness (QED) is 0.174. The lowest BCUT2D eigenvalue weighted by atomic mass is 10.2. The van der Waals surface area contributed by atoms with Crippen molar-refractivity contribution in [1.29, 1.82) is 0 Å². The van der Waals surface area contributed by atoms with Crippen LogP contribution in [0.15, 0.2) is 83.2 Å². The highest BCUT2D eigenvalue weighted by atomic mass is 32.1. The molecule has 0 fully saturated rings. The summed E-state index contributed by atoms with van der Waals surface area (Å²) < 4.78 is 11.1. The van der Waals surface area contributed by atoms with Crippen LogP contribution in [0, 0.1) is 34.6 Å². The summed E-state index contributed by atoms with van der Waals surface area (Å²) in [6.07, 6.45) is 7.60. The fourth-order valence-electron chi connectivity index (χ4n) is 4.23. The number of thiazole rings is 2. The molecule has 8 nitrogen and oxygen atoms in total. The molecule has 8 aromatic rings. The number of aryl methyl sites for hydroxylation is 6. The van der Waals surface area contributed by atoms with Gasteiger partial charge in [-0.1, -0.05) is 49.3 Å². The number of fused-ring (bicyclic) bond motifs is 4. The fraction of sp³-hybridized carbons (Fsp3) is 0.250. The number of aromatic nitrogens is 7. The molecule has 0 aliphatic carbocycles. The van der Waals surface area contributed by atoms with Crippen LogP contribution in [-0.4, -0.2) is 33.7 Å². The molecule has 0 saturated carbocycles. The van der Waals surface area contributed by atoms with Crippen LogP contribution in [0.4, 0.5) is 0 Å². The number of hydrogen-bond acceptors (Lipinski definition) is 7. The summed E-state index contributed by atoms with van der Waals surface area (Å²) in [4.78, 5) is 11.9. The van der Waals surface area contributed by atoms with Crippen LogP contribution in [0.2, 0.25) is 0 Å². The summed E-state index contributed by atoms with van der Waals surface area (Å²) in [7, 11) is 1.95. The van der Waals surface area contributed by atoms with Crippen molar-refractivity contribution in [3.63, 3.8) is 0 Å². The summed E-state index contributed by atoms with van der Waals surface area (Å²) in [5, 5.41) is 12.4. The molecule has 8 rings (SSSR count). The topological polar surface area (TPSA) is 78.5 Å². The average Bonchev–Trinajstić information content (AvgIpc) is 3.87. The van der Waals surface area contributed by atoms with Gasteiger partial charge in [-0.3, -0.25) is 13.5 Å². The van der Waals surface area contributed by atoms with E-state index in [1.54, 1.807) is 22.7 Å². The summed E-state index contributed by atoms with van der Waals surface area (Å²) in [6, 6.07) is 16.0. The van der Waals surface area contributed by atoms with E-state index >= 15 is 0 Å². The maximum absolute atomic E-state index is 5.00. The number of hydrogen-bond donors (Lipinski definition) is 0. The van der Waals surface area contributed by atoms with Crippen LogP contribution in [0.25, 0.3) is 31.8 Å². The molecule has 0 radical (unpaired) electrons. The first-order chi connectivity index (χ1) is 20.3. The fourth-order valence-corrected chi connectivity index (χ4v) is 6.05. The van der Waals surface area contributed by atoms with E-state index < -0.39 is 0 Å². The minimum Gasteiger partial charge on any atom is -0.356 e. The maximum atomic E-state index is 5.00. The number of rotatable bonds is 0. The van der Waals surface area contributed by atoms with E-state index in [0.717, 1.165) is 26.6 Å². The molecular formula is C32H37N7OS2. The SMILES string of the molecule is CC.Cc1cnc2scc(C)n12.Cc1noc2ccccc12.Cc1sc2nccn2c1C.Cn1ncc2ccccc21. The van der Waals surface area contributed by atoms with E-state index in [2.05, 4.69) is 74.2 Å². The van der Waals surface area contributed by atoms with Crippen molar-refractivity contribution in [1.82, 2.24) is 33.7 Å². The molecule has 218 valence electrons. The first kappa shape index (κ1) is 30.7. The molecule has 0 unspecified atom stereocenters. The van der Waals surface area contributed by atoms with Gasteiger partial charge in [0.1, 0.15) is 0 Å². The molecule has 0 saturated heterocycles. The Bertz CT molecular complexity index is 1900. The van der Waals surface area contributed by atoms with E-state index in [0.29, 0.717) is 0 Å². The first-order valence-electron chi connectivity index (χ1n) is 13.8. The van der Waals surface area contributed by atoms with Gasteiger partial charge in [-0.05, 0) is 52.8 Å². The van der Waals surface area contributed by atoms with Crippen molar-refractivity contribution in [2.24, 2.45) is 7.05 Å². The van der Waals surface area contributed by atoms with Crippen molar-refractivity contribution < 1.29 is 4.52 Å². The van der Waals surface area contributed by atoms with Crippen molar-refractivity contribution in [3.8, 4) is 0 Å². The highest BCUT2D eigenvalue weighted by molar-refractivity contribution is 7.17. The minimum atomic E-state index is 0.861. The van der Waals surface area contributed by atoms with Crippen molar-refractivity contribution in [3.05, 3.63) is 106 Å². The van der Waals surface area contributed by atoms with Gasteiger partial charge in [-0.25, -0.2) is 9.97 Å². The molecule has 0 aliphatic rings. The molecule has 0 atom stereocenters. The van der Waals surface area contributed by atoms with Crippen molar-refractivity contribution in [2.75, 3.05) is 0 Å². The Morgan fingerprint density at radius 2 is 1.55 bits per heavy atom. The molecule has 2 aromatic carbocycles. The molecule has 0 N–H and O–H groups in total. The largest absolute Gasteiger partial charge is 0.356 e. The van der Waals surface area contributed by atoms with Crippen molar-refractivity contribution >= 4 is 54.5 Å². The number of nitrogens with zero attached hydrogens (tertiary/aromatic N) is 7. The summed E-state index contributed by atoms with van der Waals surface area (Å²) in [5.74, 6) is 0. The summed E-state index contributed by atoms with van der Waals surface area (Å²) in [6.45, 7) is 14.3. The molecule has 42 heavy (non-hydrogen) atoms. The Morgan fingerprint density at radius 1 is 0.810 bits per heavy atom. The lowest BCUT2D eigenvalue weighted by Crippen LogP contribution is -1.87. The van der Waals surface area contributed by atoms with E-state index in [-0.39, 0.29) is 0 Å². The second-order valence-electron chi connectivity index (χ2n) is 9.31. The minimum absolute atomic E-state index is 0.861. The van der Waals surface area contributed by atoms with E-state index in [9.17, 15) is 0 Å². The van der Waals surface area contributed by atoms with Gasteiger partial charge in [-0.2, -0.15) is 5.10 Å². The van der Waals surface area contributed by atoms with Gasteiger partial charge in [0, 0.05) is 63.7 Å². The Kier molecular flexibility index (Phi) is 10.3. The van der Waals surface area contributed by atoms with Crippen LogP contribution in [-0.2, 0) is 7.05 Å². The second kappa shape index (κ2) is 14.1. The zero-order valence-corrected chi connectivity index (χ0v) is 27.0. The highest BCUT2D eigenvalue weighted by Crippen LogP contribution is 2.20. The molecule has 0 spiro atoms. The van der Waals surface area contributed by atoms with Gasteiger partial charge < -0.3 is 4.52 Å². The first-order valence-corrected chi connectivity index (χ1v) is 15.5.